The molecule has 114 valence electrons. The average Bonchev–Trinajstić information content (AvgIpc) is 2.36. The van der Waals surface area contributed by atoms with Crippen LogP contribution in [0, 0.1) is 10.1 Å². The molecule has 0 fully saturated rings. The van der Waals surface area contributed by atoms with Crippen molar-refractivity contribution in [3.8, 4) is 0 Å². The molecule has 0 atom stereocenters. The van der Waals surface area contributed by atoms with Gasteiger partial charge in [-0.25, -0.2) is 0 Å². The Morgan fingerprint density at radius 3 is 2.43 bits per heavy atom. The van der Waals surface area contributed by atoms with Crippen LogP contribution in [0.4, 0.5) is 18.9 Å². The Labute approximate surface area is 116 Å². The zero-order chi connectivity index (χ0) is 16.2. The summed E-state index contributed by atoms with van der Waals surface area (Å²) in [6.45, 7) is 0. The average molecular weight is 305 g/mol. The number of ether oxygens (including phenoxy) is 1. The number of nitro benzene ring substituents is 1. The van der Waals surface area contributed by atoms with E-state index in [1.807, 2.05) is 0 Å². The number of carbonyl (C=O) groups excluding carboxylic acids is 2. The quantitative estimate of drug-likeness (QED) is 0.360. The molecule has 9 heteroatoms. The van der Waals surface area contributed by atoms with Crippen LogP contribution in [0.2, 0.25) is 0 Å². The van der Waals surface area contributed by atoms with Crippen molar-refractivity contribution in [2.75, 3.05) is 7.11 Å². The first-order chi connectivity index (χ1) is 9.65. The molecule has 0 aromatic heterocycles. The molecule has 0 amide bonds. The summed E-state index contributed by atoms with van der Waals surface area (Å²) in [5, 5.41) is 10.8. The molecular weight excluding hydrogens is 295 g/mol. The summed E-state index contributed by atoms with van der Waals surface area (Å²) in [7, 11) is 1.04. The van der Waals surface area contributed by atoms with Crippen molar-refractivity contribution in [2.24, 2.45) is 0 Å². The van der Waals surface area contributed by atoms with Gasteiger partial charge in [0, 0.05) is 18.1 Å². The number of nitro groups is 1. The number of rotatable bonds is 5. The highest BCUT2D eigenvalue weighted by atomic mass is 19.4. The van der Waals surface area contributed by atoms with Crippen molar-refractivity contribution in [1.82, 2.24) is 0 Å². The number of nitrogens with zero attached hydrogens (tertiary/aromatic N) is 1. The van der Waals surface area contributed by atoms with E-state index in [0.717, 1.165) is 7.11 Å². The molecule has 0 heterocycles. The molecule has 0 aliphatic carbocycles. The SMILES string of the molecule is COC(=O)CC(=O)Cc1cc(C(F)(F)F)ccc1[N+](=O)[O-]. The molecule has 1 rings (SSSR count). The molecule has 1 aromatic rings. The fourth-order valence-electron chi connectivity index (χ4n) is 1.59. The monoisotopic (exact) mass is 305 g/mol. The van der Waals surface area contributed by atoms with E-state index in [2.05, 4.69) is 4.74 Å². The van der Waals surface area contributed by atoms with Crippen molar-refractivity contribution in [3.05, 3.63) is 39.4 Å². The lowest BCUT2D eigenvalue weighted by molar-refractivity contribution is -0.385. The Hall–Kier alpha value is -2.45. The number of halogens is 3. The maximum absolute atomic E-state index is 12.6. The summed E-state index contributed by atoms with van der Waals surface area (Å²) in [6.07, 6.45) is -6.01. The van der Waals surface area contributed by atoms with Gasteiger partial charge in [-0.15, -0.1) is 0 Å². The zero-order valence-corrected chi connectivity index (χ0v) is 10.8. The van der Waals surface area contributed by atoms with Crippen molar-refractivity contribution < 1.29 is 32.4 Å². The van der Waals surface area contributed by atoms with E-state index in [1.54, 1.807) is 0 Å². The van der Waals surface area contributed by atoms with Crippen LogP contribution in [0.1, 0.15) is 17.5 Å². The second kappa shape index (κ2) is 6.33. The minimum absolute atomic E-state index is 0.399. The van der Waals surface area contributed by atoms with Gasteiger partial charge in [0.25, 0.3) is 5.69 Å². The first kappa shape index (κ1) is 16.6. The highest BCUT2D eigenvalue weighted by molar-refractivity contribution is 5.96. The van der Waals surface area contributed by atoms with E-state index in [9.17, 15) is 32.9 Å². The molecule has 21 heavy (non-hydrogen) atoms. The van der Waals surface area contributed by atoms with Crippen LogP contribution in [0.3, 0.4) is 0 Å². The number of esters is 1. The Morgan fingerprint density at radius 1 is 1.33 bits per heavy atom. The van der Waals surface area contributed by atoms with Gasteiger partial charge in [-0.05, 0) is 12.1 Å². The zero-order valence-electron chi connectivity index (χ0n) is 10.8. The number of hydrogen-bond acceptors (Lipinski definition) is 5. The summed E-state index contributed by atoms with van der Waals surface area (Å²) in [5.41, 5.74) is -2.11. The van der Waals surface area contributed by atoms with Gasteiger partial charge in [-0.2, -0.15) is 13.2 Å². The molecule has 0 aliphatic rings. The number of benzene rings is 1. The van der Waals surface area contributed by atoms with E-state index in [4.69, 9.17) is 0 Å². The first-order valence-corrected chi connectivity index (χ1v) is 5.58. The summed E-state index contributed by atoms with van der Waals surface area (Å²) >= 11 is 0. The Bertz CT molecular complexity index is 583. The second-order valence-corrected chi connectivity index (χ2v) is 4.07. The third kappa shape index (κ3) is 4.55. The smallest absolute Gasteiger partial charge is 0.416 e. The molecule has 0 radical (unpaired) electrons. The fraction of sp³-hybridized carbons (Fsp3) is 0.333. The van der Waals surface area contributed by atoms with E-state index in [-0.39, 0.29) is 0 Å². The Kier molecular flexibility index (Phi) is 5.01. The van der Waals surface area contributed by atoms with Crippen LogP contribution in [0.15, 0.2) is 18.2 Å². The van der Waals surface area contributed by atoms with Gasteiger partial charge in [0.05, 0.1) is 17.6 Å². The molecule has 0 spiro atoms. The first-order valence-electron chi connectivity index (χ1n) is 5.58. The van der Waals surface area contributed by atoms with Crippen LogP contribution in [0.5, 0.6) is 0 Å². The molecule has 0 aliphatic heterocycles. The van der Waals surface area contributed by atoms with Gasteiger partial charge in [-0.1, -0.05) is 0 Å². The van der Waals surface area contributed by atoms with E-state index >= 15 is 0 Å². The number of carbonyl (C=O) groups is 2. The van der Waals surface area contributed by atoms with Gasteiger partial charge >= 0.3 is 12.1 Å². The minimum Gasteiger partial charge on any atom is -0.469 e. The Morgan fingerprint density at radius 2 is 1.95 bits per heavy atom. The minimum atomic E-state index is -4.69. The number of methoxy groups -OCH3 is 1. The van der Waals surface area contributed by atoms with Gasteiger partial charge in [0.15, 0.2) is 0 Å². The number of ketones is 1. The number of hydrogen-bond donors (Lipinski definition) is 0. The van der Waals surface area contributed by atoms with Crippen molar-refractivity contribution >= 4 is 17.4 Å². The summed E-state index contributed by atoms with van der Waals surface area (Å²) < 4.78 is 42.0. The van der Waals surface area contributed by atoms with Gasteiger partial charge in [0.1, 0.15) is 12.2 Å². The molecule has 6 nitrogen and oxygen atoms in total. The third-order valence-corrected chi connectivity index (χ3v) is 2.56. The predicted molar refractivity (Wildman–Crippen MR) is 63.4 cm³/mol. The summed E-state index contributed by atoms with van der Waals surface area (Å²) in [4.78, 5) is 32.3. The van der Waals surface area contributed by atoms with Crippen LogP contribution in [0.25, 0.3) is 0 Å². The predicted octanol–water partition coefficient (Wildman–Crippen LogP) is 2.29. The third-order valence-electron chi connectivity index (χ3n) is 2.56. The normalized spacial score (nSPS) is 11.0. The lowest BCUT2D eigenvalue weighted by atomic mass is 10.0. The van der Waals surface area contributed by atoms with Gasteiger partial charge < -0.3 is 4.74 Å². The number of alkyl halides is 3. The van der Waals surface area contributed by atoms with Crippen LogP contribution >= 0.6 is 0 Å². The standard InChI is InChI=1S/C12H10F3NO5/c1-21-11(18)6-9(17)5-7-4-8(12(13,14)15)2-3-10(7)16(19)20/h2-4H,5-6H2,1H3. The molecule has 1 aromatic carbocycles. The fourth-order valence-corrected chi connectivity index (χ4v) is 1.59. The molecule has 0 saturated carbocycles. The molecule has 0 bridgehead atoms. The second-order valence-electron chi connectivity index (χ2n) is 4.07. The largest absolute Gasteiger partial charge is 0.469 e. The van der Waals surface area contributed by atoms with E-state index < -0.39 is 52.5 Å². The number of Topliss-reactive ketones (excluding diaryl/α,β-unsaturated/α-hetero) is 1. The highest BCUT2D eigenvalue weighted by Crippen LogP contribution is 2.32. The van der Waals surface area contributed by atoms with Gasteiger partial charge in [0.2, 0.25) is 0 Å². The maximum Gasteiger partial charge on any atom is 0.416 e. The van der Waals surface area contributed by atoms with E-state index in [1.165, 1.54) is 0 Å². The van der Waals surface area contributed by atoms with Crippen molar-refractivity contribution in [1.29, 1.82) is 0 Å². The summed E-state index contributed by atoms with van der Waals surface area (Å²) in [6, 6.07) is 1.78. The molecule has 0 saturated heterocycles. The highest BCUT2D eigenvalue weighted by Gasteiger charge is 2.32. The maximum atomic E-state index is 12.6. The van der Waals surface area contributed by atoms with Gasteiger partial charge in [-0.3, -0.25) is 19.7 Å². The van der Waals surface area contributed by atoms with Crippen LogP contribution in [-0.4, -0.2) is 23.8 Å². The van der Waals surface area contributed by atoms with Crippen molar-refractivity contribution in [2.45, 2.75) is 19.0 Å². The van der Waals surface area contributed by atoms with E-state index in [0.29, 0.717) is 18.2 Å². The van der Waals surface area contributed by atoms with Crippen LogP contribution in [-0.2, 0) is 26.9 Å². The Balaban J connectivity index is 3.10. The van der Waals surface area contributed by atoms with Crippen LogP contribution < -0.4 is 0 Å². The molecular formula is C12H10F3NO5. The van der Waals surface area contributed by atoms with Crippen molar-refractivity contribution in [3.63, 3.8) is 0 Å². The topological polar surface area (TPSA) is 86.5 Å². The molecule has 0 unspecified atom stereocenters. The molecule has 0 N–H and O–H groups in total. The lowest BCUT2D eigenvalue weighted by Crippen LogP contribution is -2.13. The lowest BCUT2D eigenvalue weighted by Gasteiger charge is -2.09. The summed E-state index contributed by atoms with van der Waals surface area (Å²) in [5.74, 6) is -1.64.